The fourth-order valence-corrected chi connectivity index (χ4v) is 5.37. The lowest BCUT2D eigenvalue weighted by Crippen LogP contribution is -2.18. The Morgan fingerprint density at radius 3 is 2.90 bits per heavy atom. The lowest BCUT2D eigenvalue weighted by Gasteiger charge is -2.18. The van der Waals surface area contributed by atoms with Crippen molar-refractivity contribution in [3.8, 4) is 0 Å². The predicted molar refractivity (Wildman–Crippen MR) is 115 cm³/mol. The summed E-state index contributed by atoms with van der Waals surface area (Å²) >= 11 is 2.61. The number of nitrogens with one attached hydrogen (secondary N) is 2. The van der Waals surface area contributed by atoms with Crippen molar-refractivity contribution in [2.75, 3.05) is 18.2 Å². The monoisotopic (exact) mass is 435 g/mol. The van der Waals surface area contributed by atoms with Crippen molar-refractivity contribution in [3.63, 3.8) is 0 Å². The number of H-pyrrole nitrogens is 1. The number of hydrogen-bond donors (Lipinski definition) is 2. The maximum atomic E-state index is 12.5. The summed E-state index contributed by atoms with van der Waals surface area (Å²) in [5.74, 6) is 0.0687. The molecule has 0 radical (unpaired) electrons. The van der Waals surface area contributed by atoms with Gasteiger partial charge >= 0.3 is 5.97 Å². The molecule has 0 saturated heterocycles. The second kappa shape index (κ2) is 9.13. The molecule has 2 N–H and O–H groups in total. The number of thioether (sulfide) groups is 1. The number of carbonyl (C=O) groups is 2. The van der Waals surface area contributed by atoms with Crippen molar-refractivity contribution in [2.45, 2.75) is 51.1 Å². The van der Waals surface area contributed by atoms with Crippen molar-refractivity contribution in [3.05, 3.63) is 38.1 Å². The van der Waals surface area contributed by atoms with Crippen LogP contribution >= 0.6 is 23.1 Å². The molecule has 7 nitrogen and oxygen atoms in total. The van der Waals surface area contributed by atoms with E-state index in [1.807, 2.05) is 13.8 Å². The first-order chi connectivity index (χ1) is 13.8. The lowest BCUT2D eigenvalue weighted by molar-refractivity contribution is -0.113. The number of thiophene rings is 1. The summed E-state index contributed by atoms with van der Waals surface area (Å²) in [6, 6.07) is 1.47. The first-order valence-corrected chi connectivity index (χ1v) is 11.4. The van der Waals surface area contributed by atoms with Gasteiger partial charge in [0, 0.05) is 10.9 Å². The number of amides is 1. The number of aromatic amines is 1. The topological polar surface area (TPSA) is 101 Å². The Balaban J connectivity index is 1.74. The molecule has 156 valence electrons. The average molecular weight is 436 g/mol. The molecule has 0 aliphatic heterocycles. The van der Waals surface area contributed by atoms with Crippen molar-refractivity contribution in [1.82, 2.24) is 9.97 Å². The molecule has 2 aromatic heterocycles. The fraction of sp³-hybridized carbons (Fsp3) is 0.500. The Bertz CT molecular complexity index is 981. The molecule has 2 heterocycles. The van der Waals surface area contributed by atoms with Crippen LogP contribution in [0.1, 0.15) is 59.6 Å². The van der Waals surface area contributed by atoms with Crippen molar-refractivity contribution in [1.29, 1.82) is 0 Å². The number of esters is 1. The van der Waals surface area contributed by atoms with Crippen LogP contribution in [0, 0.1) is 5.92 Å². The number of carbonyl (C=O) groups excluding carboxylic acids is 2. The maximum absolute atomic E-state index is 12.5. The van der Waals surface area contributed by atoms with Gasteiger partial charge in [0.25, 0.3) is 5.56 Å². The molecule has 1 aliphatic rings. The fourth-order valence-electron chi connectivity index (χ4n) is 3.27. The van der Waals surface area contributed by atoms with Crippen LogP contribution in [0.15, 0.2) is 16.0 Å². The minimum Gasteiger partial charge on any atom is -0.465 e. The number of methoxy groups -OCH3 is 1. The van der Waals surface area contributed by atoms with Crippen LogP contribution in [0.5, 0.6) is 0 Å². The first-order valence-electron chi connectivity index (χ1n) is 9.55. The Morgan fingerprint density at radius 1 is 1.45 bits per heavy atom. The van der Waals surface area contributed by atoms with Gasteiger partial charge in [-0.1, -0.05) is 32.5 Å². The number of anilines is 1. The highest BCUT2D eigenvalue weighted by Crippen LogP contribution is 2.40. The standard InChI is InChI=1S/C20H25N3O4S2/c1-10(2)13-8-15(24)23-20(21-13)28-9-16(25)22-18-17(19(26)27-4)12-6-5-11(3)7-14(12)29-18/h8,10-11H,5-7,9H2,1-4H3,(H,22,25)(H,21,23,24). The average Bonchev–Trinajstić information content (AvgIpc) is 3.02. The number of fused-ring (bicyclic) bond motifs is 1. The van der Waals surface area contributed by atoms with Crippen molar-refractivity contribution in [2.24, 2.45) is 5.92 Å². The number of aromatic nitrogens is 2. The third-order valence-corrected chi connectivity index (χ3v) is 6.87. The van der Waals surface area contributed by atoms with Gasteiger partial charge in [0.2, 0.25) is 5.91 Å². The van der Waals surface area contributed by atoms with Crippen LogP contribution in [-0.4, -0.2) is 34.7 Å². The minimum atomic E-state index is -0.421. The van der Waals surface area contributed by atoms with E-state index in [0.717, 1.165) is 41.5 Å². The Hall–Kier alpha value is -2.13. The predicted octanol–water partition coefficient (Wildman–Crippen LogP) is 3.60. The van der Waals surface area contributed by atoms with Crippen LogP contribution in [0.3, 0.4) is 0 Å². The lowest BCUT2D eigenvalue weighted by atomic mass is 9.88. The van der Waals surface area contributed by atoms with E-state index in [1.54, 1.807) is 0 Å². The smallest absolute Gasteiger partial charge is 0.341 e. The Kier molecular flexibility index (Phi) is 6.79. The van der Waals surface area contributed by atoms with E-state index < -0.39 is 5.97 Å². The second-order valence-corrected chi connectivity index (χ2v) is 9.58. The number of nitrogens with zero attached hydrogens (tertiary/aromatic N) is 1. The van der Waals surface area contributed by atoms with E-state index in [-0.39, 0.29) is 23.1 Å². The van der Waals surface area contributed by atoms with Gasteiger partial charge in [0.05, 0.1) is 24.1 Å². The van der Waals surface area contributed by atoms with E-state index in [4.69, 9.17) is 4.74 Å². The third kappa shape index (κ3) is 5.08. The van der Waals surface area contributed by atoms with Crippen molar-refractivity contribution >= 4 is 40.0 Å². The molecule has 1 unspecified atom stereocenters. The quantitative estimate of drug-likeness (QED) is 0.408. The van der Waals surface area contributed by atoms with Gasteiger partial charge in [-0.25, -0.2) is 9.78 Å². The second-order valence-electron chi connectivity index (χ2n) is 7.51. The highest BCUT2D eigenvalue weighted by atomic mass is 32.2. The van der Waals surface area contributed by atoms with Gasteiger partial charge < -0.3 is 15.0 Å². The first kappa shape index (κ1) is 21.6. The van der Waals surface area contributed by atoms with E-state index in [1.165, 1.54) is 24.5 Å². The summed E-state index contributed by atoms with van der Waals surface area (Å²) in [5, 5.41) is 3.81. The Labute approximate surface area is 177 Å². The summed E-state index contributed by atoms with van der Waals surface area (Å²) in [4.78, 5) is 44.8. The molecule has 1 amide bonds. The summed E-state index contributed by atoms with van der Waals surface area (Å²) < 4.78 is 4.95. The molecular formula is C20H25N3O4S2. The van der Waals surface area contributed by atoms with E-state index in [2.05, 4.69) is 22.2 Å². The van der Waals surface area contributed by atoms with Gasteiger partial charge in [-0.2, -0.15) is 0 Å². The normalized spacial score (nSPS) is 15.8. The molecule has 0 bridgehead atoms. The molecule has 2 aromatic rings. The molecule has 0 saturated carbocycles. The van der Waals surface area contributed by atoms with Gasteiger partial charge in [0.15, 0.2) is 5.16 Å². The molecule has 1 atom stereocenters. The highest BCUT2D eigenvalue weighted by molar-refractivity contribution is 7.99. The number of hydrogen-bond acceptors (Lipinski definition) is 7. The zero-order chi connectivity index (χ0) is 21.1. The molecule has 29 heavy (non-hydrogen) atoms. The molecule has 0 spiro atoms. The minimum absolute atomic E-state index is 0.0735. The maximum Gasteiger partial charge on any atom is 0.341 e. The summed E-state index contributed by atoms with van der Waals surface area (Å²) in [5.41, 5.74) is 1.92. The number of rotatable bonds is 6. The summed E-state index contributed by atoms with van der Waals surface area (Å²) in [6.45, 7) is 6.10. The SMILES string of the molecule is COC(=O)c1c(NC(=O)CSc2nc(C(C)C)cc(=O)[nH]2)sc2c1CCC(C)C2. The van der Waals surface area contributed by atoms with Gasteiger partial charge in [-0.05, 0) is 36.7 Å². The zero-order valence-electron chi connectivity index (χ0n) is 17.0. The van der Waals surface area contributed by atoms with Gasteiger partial charge in [-0.15, -0.1) is 11.3 Å². The molecule has 1 aliphatic carbocycles. The summed E-state index contributed by atoms with van der Waals surface area (Å²) in [6.07, 6.45) is 2.74. The molecule has 0 fully saturated rings. The zero-order valence-corrected chi connectivity index (χ0v) is 18.6. The summed E-state index contributed by atoms with van der Waals surface area (Å²) in [7, 11) is 1.35. The van der Waals surface area contributed by atoms with Crippen molar-refractivity contribution < 1.29 is 14.3 Å². The highest BCUT2D eigenvalue weighted by Gasteiger charge is 2.28. The number of ether oxygens (including phenoxy) is 1. The molecule has 9 heteroatoms. The van der Waals surface area contributed by atoms with E-state index in [9.17, 15) is 14.4 Å². The third-order valence-electron chi connectivity index (χ3n) is 4.83. The van der Waals surface area contributed by atoms with Gasteiger partial charge in [0.1, 0.15) is 5.00 Å². The van der Waals surface area contributed by atoms with Crippen LogP contribution in [0.4, 0.5) is 5.00 Å². The van der Waals surface area contributed by atoms with E-state index in [0.29, 0.717) is 27.3 Å². The van der Waals surface area contributed by atoms with Gasteiger partial charge in [-0.3, -0.25) is 9.59 Å². The molecule has 0 aromatic carbocycles. The largest absolute Gasteiger partial charge is 0.465 e. The van der Waals surface area contributed by atoms with Crippen LogP contribution in [-0.2, 0) is 22.4 Å². The molecular weight excluding hydrogens is 410 g/mol. The van der Waals surface area contributed by atoms with Crippen LogP contribution in [0.2, 0.25) is 0 Å². The van der Waals surface area contributed by atoms with Crippen LogP contribution in [0.25, 0.3) is 0 Å². The van der Waals surface area contributed by atoms with Crippen LogP contribution < -0.4 is 10.9 Å². The van der Waals surface area contributed by atoms with E-state index >= 15 is 0 Å². The Morgan fingerprint density at radius 2 is 2.21 bits per heavy atom. The molecule has 3 rings (SSSR count).